The van der Waals surface area contributed by atoms with E-state index in [9.17, 15) is 8.42 Å². The highest BCUT2D eigenvalue weighted by Gasteiger charge is 2.38. The minimum absolute atomic E-state index is 0.0114. The summed E-state index contributed by atoms with van der Waals surface area (Å²) in [4.78, 5) is 0.246. The second kappa shape index (κ2) is 5.56. The van der Waals surface area contributed by atoms with Gasteiger partial charge in [-0.15, -0.1) is 0 Å². The fourth-order valence-electron chi connectivity index (χ4n) is 1.15. The Morgan fingerprint density at radius 2 is 1.63 bits per heavy atom. The van der Waals surface area contributed by atoms with Gasteiger partial charge in [-0.05, 0) is 42.4 Å². The van der Waals surface area contributed by atoms with Crippen molar-refractivity contribution in [3.05, 3.63) is 29.3 Å². The zero-order chi connectivity index (χ0) is 14.9. The van der Waals surface area contributed by atoms with Gasteiger partial charge in [-0.25, -0.2) is 8.42 Å². The van der Waals surface area contributed by atoms with Crippen molar-refractivity contribution in [2.75, 3.05) is 5.94 Å². The van der Waals surface area contributed by atoms with Crippen LogP contribution < -0.4 is 0 Å². The van der Waals surface area contributed by atoms with Gasteiger partial charge in [0.05, 0.1) is 4.90 Å². The lowest BCUT2D eigenvalue weighted by Crippen LogP contribution is -2.42. The summed E-state index contributed by atoms with van der Waals surface area (Å²) in [6, 6.07) is 6.15. The Hall–Kier alpha value is -0.363. The monoisotopic (exact) mass is 320 g/mol. The molecule has 19 heavy (non-hydrogen) atoms. The Labute approximate surface area is 122 Å². The fourth-order valence-corrected chi connectivity index (χ4v) is 4.20. The van der Waals surface area contributed by atoms with Gasteiger partial charge in [-0.2, -0.15) is 0 Å². The van der Waals surface area contributed by atoms with E-state index in [1.165, 1.54) is 12.1 Å². The molecule has 0 N–H and O–H groups in total. The van der Waals surface area contributed by atoms with Crippen LogP contribution >= 0.6 is 11.6 Å². The predicted molar refractivity (Wildman–Crippen MR) is 81.8 cm³/mol. The summed E-state index contributed by atoms with van der Waals surface area (Å²) >= 11 is 5.75. The van der Waals surface area contributed by atoms with Crippen LogP contribution in [0.25, 0.3) is 0 Å². The van der Waals surface area contributed by atoms with Crippen molar-refractivity contribution >= 4 is 29.8 Å². The van der Waals surface area contributed by atoms with E-state index in [1.54, 1.807) is 12.1 Å². The summed E-state index contributed by atoms with van der Waals surface area (Å²) < 4.78 is 30.1. The quantitative estimate of drug-likeness (QED) is 0.785. The van der Waals surface area contributed by atoms with Crippen molar-refractivity contribution < 1.29 is 12.8 Å². The van der Waals surface area contributed by atoms with E-state index in [0.29, 0.717) is 5.02 Å². The SMILES string of the molecule is CC(C)(C)[Si](C)(C)OCS(=O)(=O)c1ccc(Cl)cc1. The van der Waals surface area contributed by atoms with Crippen molar-refractivity contribution in [2.24, 2.45) is 0 Å². The maximum atomic E-state index is 12.2. The lowest BCUT2D eigenvalue weighted by Gasteiger charge is -2.35. The first kappa shape index (κ1) is 16.7. The van der Waals surface area contributed by atoms with Crippen LogP contribution in [0, 0.1) is 0 Å². The first-order valence-corrected chi connectivity index (χ1v) is 11.0. The van der Waals surface area contributed by atoms with Crippen LogP contribution in [-0.4, -0.2) is 22.7 Å². The standard InChI is InChI=1S/C13H21ClO3SSi/c1-13(2,3)19(4,5)17-10-18(15,16)12-8-6-11(14)7-9-12/h6-9H,10H2,1-5H3. The number of hydrogen-bond donors (Lipinski definition) is 0. The molecule has 0 spiro atoms. The van der Waals surface area contributed by atoms with Gasteiger partial charge >= 0.3 is 0 Å². The summed E-state index contributed by atoms with van der Waals surface area (Å²) in [7, 11) is -5.48. The molecule has 1 aromatic carbocycles. The Morgan fingerprint density at radius 1 is 1.16 bits per heavy atom. The average molecular weight is 321 g/mol. The van der Waals surface area contributed by atoms with E-state index < -0.39 is 18.2 Å². The van der Waals surface area contributed by atoms with Gasteiger partial charge < -0.3 is 4.43 Å². The first-order valence-electron chi connectivity index (χ1n) is 6.08. The van der Waals surface area contributed by atoms with Crippen LogP contribution in [0.15, 0.2) is 29.2 Å². The summed E-state index contributed by atoms with van der Waals surface area (Å²) in [5.41, 5.74) is 0. The molecule has 0 radical (unpaired) electrons. The zero-order valence-corrected chi connectivity index (χ0v) is 14.6. The number of benzene rings is 1. The molecule has 6 heteroatoms. The lowest BCUT2D eigenvalue weighted by molar-refractivity contribution is 0.342. The Morgan fingerprint density at radius 3 is 2.05 bits per heavy atom. The fraction of sp³-hybridized carbons (Fsp3) is 0.538. The van der Waals surface area contributed by atoms with E-state index in [1.807, 2.05) is 13.1 Å². The minimum atomic E-state index is -3.42. The van der Waals surface area contributed by atoms with Crippen LogP contribution in [0.4, 0.5) is 0 Å². The molecular formula is C13H21ClO3SSi. The molecule has 0 aliphatic carbocycles. The average Bonchev–Trinajstić information content (AvgIpc) is 2.26. The highest BCUT2D eigenvalue weighted by molar-refractivity contribution is 7.91. The molecule has 0 saturated heterocycles. The molecule has 0 fully saturated rings. The Balaban J connectivity index is 2.85. The molecule has 3 nitrogen and oxygen atoms in total. The van der Waals surface area contributed by atoms with Gasteiger partial charge in [0.2, 0.25) is 9.84 Å². The number of halogens is 1. The topological polar surface area (TPSA) is 43.4 Å². The summed E-state index contributed by atoms with van der Waals surface area (Å²) in [5, 5.41) is 0.506. The maximum absolute atomic E-state index is 12.2. The molecule has 0 amide bonds. The maximum Gasteiger partial charge on any atom is 0.201 e. The summed E-state index contributed by atoms with van der Waals surface area (Å²) in [5.74, 6) is -0.273. The van der Waals surface area contributed by atoms with Gasteiger partial charge in [0.15, 0.2) is 8.32 Å². The summed E-state index contributed by atoms with van der Waals surface area (Å²) in [6.45, 7) is 10.3. The van der Waals surface area contributed by atoms with E-state index in [2.05, 4.69) is 20.8 Å². The number of hydrogen-bond acceptors (Lipinski definition) is 3. The second-order valence-electron chi connectivity index (χ2n) is 6.09. The van der Waals surface area contributed by atoms with E-state index >= 15 is 0 Å². The van der Waals surface area contributed by atoms with Crippen molar-refractivity contribution in [2.45, 2.75) is 43.8 Å². The lowest BCUT2D eigenvalue weighted by atomic mass is 10.2. The molecular weight excluding hydrogens is 300 g/mol. The molecule has 0 unspecified atom stereocenters. The van der Waals surface area contributed by atoms with E-state index in [0.717, 1.165) is 0 Å². The van der Waals surface area contributed by atoms with Crippen LogP contribution in [0.5, 0.6) is 0 Å². The van der Waals surface area contributed by atoms with Gasteiger partial charge in [-0.1, -0.05) is 32.4 Å². The molecule has 0 aliphatic heterocycles. The molecule has 1 rings (SSSR count). The van der Waals surface area contributed by atoms with E-state index in [4.69, 9.17) is 16.0 Å². The molecule has 108 valence electrons. The summed E-state index contributed by atoms with van der Waals surface area (Å²) in [6.07, 6.45) is 0. The van der Waals surface area contributed by atoms with Crippen molar-refractivity contribution in [3.63, 3.8) is 0 Å². The van der Waals surface area contributed by atoms with Crippen LogP contribution in [0.2, 0.25) is 23.2 Å². The molecule has 0 saturated carbocycles. The van der Waals surface area contributed by atoms with Gasteiger partial charge in [0.25, 0.3) is 0 Å². The van der Waals surface area contributed by atoms with Crippen molar-refractivity contribution in [1.29, 1.82) is 0 Å². The second-order valence-corrected chi connectivity index (χ2v) is 13.3. The highest BCUT2D eigenvalue weighted by atomic mass is 35.5. The molecule has 0 aromatic heterocycles. The largest absolute Gasteiger partial charge is 0.403 e. The Kier molecular flexibility index (Phi) is 4.88. The third-order valence-electron chi connectivity index (χ3n) is 3.55. The van der Waals surface area contributed by atoms with Crippen molar-refractivity contribution in [1.82, 2.24) is 0 Å². The van der Waals surface area contributed by atoms with Crippen molar-refractivity contribution in [3.8, 4) is 0 Å². The molecule has 0 bridgehead atoms. The van der Waals surface area contributed by atoms with Gasteiger partial charge in [-0.3, -0.25) is 0 Å². The molecule has 0 aliphatic rings. The van der Waals surface area contributed by atoms with E-state index in [-0.39, 0.29) is 15.9 Å². The number of rotatable bonds is 4. The number of sulfone groups is 1. The molecule has 0 heterocycles. The predicted octanol–water partition coefficient (Wildman–Crippen LogP) is 4.09. The normalized spacial score (nSPS) is 13.6. The third-order valence-corrected chi connectivity index (χ3v) is 9.91. The minimum Gasteiger partial charge on any atom is -0.403 e. The van der Waals surface area contributed by atoms with Gasteiger partial charge in [0, 0.05) is 5.02 Å². The van der Waals surface area contributed by atoms with Crippen LogP contribution in [0.3, 0.4) is 0 Å². The third kappa shape index (κ3) is 4.31. The van der Waals surface area contributed by atoms with Gasteiger partial charge in [0.1, 0.15) is 5.94 Å². The highest BCUT2D eigenvalue weighted by Crippen LogP contribution is 2.36. The smallest absolute Gasteiger partial charge is 0.201 e. The first-order chi connectivity index (χ1) is 8.46. The van der Waals surface area contributed by atoms with Crippen LogP contribution in [-0.2, 0) is 14.3 Å². The molecule has 1 aromatic rings. The zero-order valence-electron chi connectivity index (χ0n) is 12.0. The molecule has 0 atom stereocenters. The van der Waals surface area contributed by atoms with Crippen LogP contribution in [0.1, 0.15) is 20.8 Å². The Bertz CT molecular complexity index is 530.